The maximum Gasteiger partial charge on any atom is 0.338 e. The molecule has 2 rings (SSSR count). The van der Waals surface area contributed by atoms with Crippen LogP contribution in [0.4, 0.5) is 0 Å². The van der Waals surface area contributed by atoms with E-state index in [1.165, 1.54) is 0 Å². The molecule has 1 aliphatic rings. The van der Waals surface area contributed by atoms with E-state index >= 15 is 0 Å². The van der Waals surface area contributed by atoms with Gasteiger partial charge in [0.2, 0.25) is 0 Å². The van der Waals surface area contributed by atoms with Crippen molar-refractivity contribution in [3.63, 3.8) is 0 Å². The van der Waals surface area contributed by atoms with Crippen LogP contribution in [0.3, 0.4) is 0 Å². The standard InChI is InChI=1S/C20H32N2O3/c1-19(2,3)25-18(23)16-6-8-17(9-7-16)24-20(4,5)10-13-22-14-11-21-12-15-22/h6-9,21H,10-15H2,1-5H3. The molecule has 0 bridgehead atoms. The van der Waals surface area contributed by atoms with Gasteiger partial charge < -0.3 is 19.7 Å². The van der Waals surface area contributed by atoms with Gasteiger partial charge in [-0.25, -0.2) is 4.79 Å². The molecule has 0 amide bonds. The zero-order valence-electron chi connectivity index (χ0n) is 16.2. The van der Waals surface area contributed by atoms with Crippen molar-refractivity contribution in [2.24, 2.45) is 0 Å². The average Bonchev–Trinajstić information content (AvgIpc) is 2.53. The normalized spacial score (nSPS) is 16.5. The lowest BCUT2D eigenvalue weighted by Gasteiger charge is -2.32. The topological polar surface area (TPSA) is 50.8 Å². The number of carbonyl (C=O) groups excluding carboxylic acids is 1. The number of piperazine rings is 1. The van der Waals surface area contributed by atoms with Crippen molar-refractivity contribution in [2.45, 2.75) is 52.2 Å². The van der Waals surface area contributed by atoms with E-state index in [1.807, 2.05) is 32.9 Å². The van der Waals surface area contributed by atoms with Crippen LogP contribution in [0.25, 0.3) is 0 Å². The summed E-state index contributed by atoms with van der Waals surface area (Å²) in [6, 6.07) is 7.20. The summed E-state index contributed by atoms with van der Waals surface area (Å²) in [6.07, 6.45) is 0.959. The third-order valence-electron chi connectivity index (χ3n) is 4.12. The fourth-order valence-electron chi connectivity index (χ4n) is 2.73. The van der Waals surface area contributed by atoms with Crippen molar-refractivity contribution >= 4 is 5.97 Å². The lowest BCUT2D eigenvalue weighted by Crippen LogP contribution is -2.45. The molecular formula is C20H32N2O3. The fraction of sp³-hybridized carbons (Fsp3) is 0.650. The highest BCUT2D eigenvalue weighted by molar-refractivity contribution is 5.89. The maximum absolute atomic E-state index is 12.1. The number of hydrogen-bond donors (Lipinski definition) is 1. The summed E-state index contributed by atoms with van der Waals surface area (Å²) in [5.41, 5.74) is -0.197. The van der Waals surface area contributed by atoms with Gasteiger partial charge in [0, 0.05) is 32.7 Å². The Kier molecular flexibility index (Phi) is 6.47. The molecule has 1 N–H and O–H groups in total. The molecule has 140 valence electrons. The minimum atomic E-state index is -0.488. The lowest BCUT2D eigenvalue weighted by atomic mass is 10.0. The Labute approximate surface area is 151 Å². The van der Waals surface area contributed by atoms with Gasteiger partial charge in [-0.05, 0) is 65.3 Å². The predicted octanol–water partition coefficient (Wildman–Crippen LogP) is 3.09. The SMILES string of the molecule is CC(C)(C)OC(=O)c1ccc(OC(C)(C)CCN2CCNCC2)cc1. The monoisotopic (exact) mass is 348 g/mol. The van der Waals surface area contributed by atoms with Crippen LogP contribution in [0, 0.1) is 0 Å². The molecule has 0 radical (unpaired) electrons. The maximum atomic E-state index is 12.1. The molecule has 25 heavy (non-hydrogen) atoms. The van der Waals surface area contributed by atoms with E-state index in [2.05, 4.69) is 24.1 Å². The van der Waals surface area contributed by atoms with E-state index in [-0.39, 0.29) is 11.6 Å². The van der Waals surface area contributed by atoms with E-state index in [9.17, 15) is 4.79 Å². The van der Waals surface area contributed by atoms with Crippen LogP contribution in [0.5, 0.6) is 5.75 Å². The quantitative estimate of drug-likeness (QED) is 0.801. The van der Waals surface area contributed by atoms with Crippen molar-refractivity contribution < 1.29 is 14.3 Å². The molecule has 0 spiro atoms. The fourth-order valence-corrected chi connectivity index (χ4v) is 2.73. The van der Waals surface area contributed by atoms with E-state index in [0.29, 0.717) is 5.56 Å². The Balaban J connectivity index is 1.87. The number of esters is 1. The van der Waals surface area contributed by atoms with Crippen LogP contribution in [0.15, 0.2) is 24.3 Å². The zero-order valence-corrected chi connectivity index (χ0v) is 16.2. The highest BCUT2D eigenvalue weighted by Crippen LogP contribution is 2.23. The molecule has 0 aliphatic carbocycles. The molecule has 0 unspecified atom stereocenters. The zero-order chi connectivity index (χ0) is 18.5. The third-order valence-corrected chi connectivity index (χ3v) is 4.12. The van der Waals surface area contributed by atoms with E-state index in [1.54, 1.807) is 12.1 Å². The first kappa shape index (κ1) is 19.7. The minimum Gasteiger partial charge on any atom is -0.488 e. The smallest absolute Gasteiger partial charge is 0.338 e. The largest absolute Gasteiger partial charge is 0.488 e. The summed E-state index contributed by atoms with van der Waals surface area (Å²) in [7, 11) is 0. The molecule has 5 heteroatoms. The van der Waals surface area contributed by atoms with Crippen LogP contribution < -0.4 is 10.1 Å². The van der Waals surface area contributed by atoms with Crippen LogP contribution in [0.1, 0.15) is 51.4 Å². The molecule has 1 heterocycles. The number of benzene rings is 1. The summed E-state index contributed by atoms with van der Waals surface area (Å²) < 4.78 is 11.5. The second kappa shape index (κ2) is 8.19. The molecule has 1 aromatic rings. The minimum absolute atomic E-state index is 0.252. The van der Waals surface area contributed by atoms with Gasteiger partial charge in [0.15, 0.2) is 0 Å². The molecule has 1 saturated heterocycles. The Morgan fingerprint density at radius 3 is 2.24 bits per heavy atom. The lowest BCUT2D eigenvalue weighted by molar-refractivity contribution is 0.00695. The highest BCUT2D eigenvalue weighted by atomic mass is 16.6. The number of hydrogen-bond acceptors (Lipinski definition) is 5. The van der Waals surface area contributed by atoms with Gasteiger partial charge in [-0.2, -0.15) is 0 Å². The van der Waals surface area contributed by atoms with Crippen molar-refractivity contribution in [1.29, 1.82) is 0 Å². The number of nitrogens with one attached hydrogen (secondary N) is 1. The van der Waals surface area contributed by atoms with Crippen molar-refractivity contribution in [3.8, 4) is 5.75 Å². The highest BCUT2D eigenvalue weighted by Gasteiger charge is 2.22. The third kappa shape index (κ3) is 7.04. The van der Waals surface area contributed by atoms with E-state index in [4.69, 9.17) is 9.47 Å². The molecule has 5 nitrogen and oxygen atoms in total. The van der Waals surface area contributed by atoms with Gasteiger partial charge in [-0.1, -0.05) is 0 Å². The van der Waals surface area contributed by atoms with E-state index < -0.39 is 5.60 Å². The first-order valence-corrected chi connectivity index (χ1v) is 9.10. The molecular weight excluding hydrogens is 316 g/mol. The predicted molar refractivity (Wildman–Crippen MR) is 100 cm³/mol. The number of carbonyl (C=O) groups is 1. The molecule has 1 fully saturated rings. The first-order chi connectivity index (χ1) is 11.6. The first-order valence-electron chi connectivity index (χ1n) is 9.10. The van der Waals surface area contributed by atoms with Crippen LogP contribution >= 0.6 is 0 Å². The van der Waals surface area contributed by atoms with Gasteiger partial charge in [0.25, 0.3) is 0 Å². The van der Waals surface area contributed by atoms with Gasteiger partial charge in [-0.15, -0.1) is 0 Å². The van der Waals surface area contributed by atoms with Crippen LogP contribution in [-0.2, 0) is 4.74 Å². The van der Waals surface area contributed by atoms with Gasteiger partial charge in [0.1, 0.15) is 17.0 Å². The number of rotatable bonds is 6. The van der Waals surface area contributed by atoms with E-state index in [0.717, 1.165) is 44.9 Å². The molecule has 0 aromatic heterocycles. The van der Waals surface area contributed by atoms with Gasteiger partial charge in [-0.3, -0.25) is 0 Å². The Morgan fingerprint density at radius 2 is 1.68 bits per heavy atom. The number of nitrogens with zero attached hydrogens (tertiary/aromatic N) is 1. The Bertz CT molecular complexity index is 555. The average molecular weight is 348 g/mol. The van der Waals surface area contributed by atoms with Crippen molar-refractivity contribution in [2.75, 3.05) is 32.7 Å². The molecule has 0 atom stereocenters. The van der Waals surface area contributed by atoms with Crippen molar-refractivity contribution in [1.82, 2.24) is 10.2 Å². The summed E-state index contributed by atoms with van der Waals surface area (Å²) in [6.45, 7) is 15.2. The summed E-state index contributed by atoms with van der Waals surface area (Å²) in [5, 5.41) is 3.37. The van der Waals surface area contributed by atoms with Gasteiger partial charge in [0.05, 0.1) is 5.56 Å². The Hall–Kier alpha value is -1.59. The Morgan fingerprint density at radius 1 is 1.08 bits per heavy atom. The van der Waals surface area contributed by atoms with Crippen LogP contribution in [-0.4, -0.2) is 54.8 Å². The molecule has 0 saturated carbocycles. The summed E-state index contributed by atoms with van der Waals surface area (Å²) in [4.78, 5) is 14.5. The molecule has 1 aromatic carbocycles. The summed E-state index contributed by atoms with van der Waals surface area (Å²) >= 11 is 0. The second-order valence-electron chi connectivity index (χ2n) is 8.23. The number of ether oxygens (including phenoxy) is 2. The van der Waals surface area contributed by atoms with Gasteiger partial charge >= 0.3 is 5.97 Å². The second-order valence-corrected chi connectivity index (χ2v) is 8.23. The van der Waals surface area contributed by atoms with Crippen molar-refractivity contribution in [3.05, 3.63) is 29.8 Å². The summed E-state index contributed by atoms with van der Waals surface area (Å²) in [5.74, 6) is 0.467. The van der Waals surface area contributed by atoms with Crippen LogP contribution in [0.2, 0.25) is 0 Å². The molecule has 1 aliphatic heterocycles.